The average molecular weight is 308 g/mol. The lowest BCUT2D eigenvalue weighted by Crippen LogP contribution is -2.25. The molecule has 1 amide bonds. The van der Waals surface area contributed by atoms with E-state index in [4.69, 9.17) is 4.74 Å². The Labute approximate surface area is 107 Å². The minimum Gasteiger partial charge on any atom is -0.381 e. The molecule has 16 heavy (non-hydrogen) atoms. The van der Waals surface area contributed by atoms with Crippen molar-refractivity contribution >= 4 is 33.4 Å². The number of carbonyl (C=O) groups excluding carboxylic acids is 1. The van der Waals surface area contributed by atoms with Crippen LogP contribution >= 0.6 is 27.5 Å². The molecule has 0 fully saturated rings. The molecule has 0 unspecified atom stereocenters. The third-order valence-corrected chi connectivity index (χ3v) is 2.98. The first kappa shape index (κ1) is 13.5. The van der Waals surface area contributed by atoms with Crippen LogP contribution in [0.2, 0.25) is 0 Å². The molecule has 1 aromatic rings. The van der Waals surface area contributed by atoms with Crippen molar-refractivity contribution in [2.45, 2.75) is 13.3 Å². The summed E-state index contributed by atoms with van der Waals surface area (Å²) in [6.07, 6.45) is 0.810. The molecule has 0 spiro atoms. The number of hydrogen-bond acceptors (Lipinski definition) is 5. The van der Waals surface area contributed by atoms with Gasteiger partial charge in [-0.05, 0) is 24.9 Å². The van der Waals surface area contributed by atoms with Crippen molar-refractivity contribution in [1.82, 2.24) is 14.9 Å². The molecule has 0 aliphatic heterocycles. The Hall–Kier alpha value is -0.530. The van der Waals surface area contributed by atoms with E-state index >= 15 is 0 Å². The zero-order chi connectivity index (χ0) is 11.8. The summed E-state index contributed by atoms with van der Waals surface area (Å²) in [4.78, 5) is 12.2. The van der Waals surface area contributed by atoms with E-state index < -0.39 is 0 Å². The van der Waals surface area contributed by atoms with E-state index in [9.17, 15) is 4.79 Å². The third-order valence-electron chi connectivity index (χ3n) is 1.83. The van der Waals surface area contributed by atoms with Crippen LogP contribution in [0.3, 0.4) is 0 Å². The number of aryl methyl sites for hydroxylation is 1. The maximum absolute atomic E-state index is 11.6. The molecule has 0 aliphatic carbocycles. The molecule has 90 valence electrons. The van der Waals surface area contributed by atoms with Gasteiger partial charge in [-0.15, -0.1) is 5.10 Å². The molecule has 0 aromatic carbocycles. The molecule has 1 rings (SSSR count). The summed E-state index contributed by atoms with van der Waals surface area (Å²) in [6, 6.07) is 0. The number of rotatable bonds is 7. The normalized spacial score (nSPS) is 10.4. The number of hydrogen-bond donors (Lipinski definition) is 1. The van der Waals surface area contributed by atoms with Gasteiger partial charge in [-0.1, -0.05) is 20.4 Å². The van der Waals surface area contributed by atoms with Crippen LogP contribution in [-0.2, 0) is 4.74 Å². The molecule has 0 bridgehead atoms. The van der Waals surface area contributed by atoms with Crippen molar-refractivity contribution < 1.29 is 9.53 Å². The van der Waals surface area contributed by atoms with Crippen LogP contribution in [0.15, 0.2) is 0 Å². The summed E-state index contributed by atoms with van der Waals surface area (Å²) in [5, 5.41) is 7.43. The molecule has 0 aliphatic rings. The number of nitrogens with one attached hydrogen (secondary N) is 1. The fourth-order valence-electron chi connectivity index (χ4n) is 1.05. The Morgan fingerprint density at radius 2 is 2.38 bits per heavy atom. The van der Waals surface area contributed by atoms with Crippen molar-refractivity contribution in [3.8, 4) is 0 Å². The van der Waals surface area contributed by atoms with Gasteiger partial charge in [-0.25, -0.2) is 0 Å². The lowest BCUT2D eigenvalue weighted by atomic mass is 10.3. The van der Waals surface area contributed by atoms with Crippen LogP contribution in [0.4, 0.5) is 0 Å². The van der Waals surface area contributed by atoms with Crippen LogP contribution in [0.1, 0.15) is 21.8 Å². The van der Waals surface area contributed by atoms with E-state index in [0.29, 0.717) is 30.3 Å². The zero-order valence-electron chi connectivity index (χ0n) is 9.03. The SMILES string of the molecule is Cc1nnsc1C(=O)NCCCOCCBr. The number of aromatic nitrogens is 2. The lowest BCUT2D eigenvalue weighted by molar-refractivity contribution is 0.0948. The van der Waals surface area contributed by atoms with Crippen LogP contribution in [-0.4, -0.2) is 40.6 Å². The fraction of sp³-hybridized carbons (Fsp3) is 0.667. The fourth-order valence-corrected chi connectivity index (χ4v) is 1.85. The highest BCUT2D eigenvalue weighted by Gasteiger charge is 2.11. The predicted molar refractivity (Wildman–Crippen MR) is 66.2 cm³/mol. The van der Waals surface area contributed by atoms with Crippen LogP contribution in [0.25, 0.3) is 0 Å². The molecular weight excluding hydrogens is 294 g/mol. The predicted octanol–water partition coefficient (Wildman–Crippen LogP) is 1.38. The van der Waals surface area contributed by atoms with Crippen molar-refractivity contribution in [2.24, 2.45) is 0 Å². The second-order valence-corrected chi connectivity index (χ2v) is 4.65. The maximum Gasteiger partial charge on any atom is 0.264 e. The number of carbonyl (C=O) groups is 1. The molecule has 0 radical (unpaired) electrons. The molecule has 1 heterocycles. The standard InChI is InChI=1S/C9H14BrN3O2S/c1-7-8(16-13-12-7)9(14)11-4-2-5-15-6-3-10/h2-6H2,1H3,(H,11,14). The average Bonchev–Trinajstić information content (AvgIpc) is 2.69. The van der Waals surface area contributed by atoms with Gasteiger partial charge in [0.25, 0.3) is 5.91 Å². The van der Waals surface area contributed by atoms with Gasteiger partial charge in [0.05, 0.1) is 12.3 Å². The van der Waals surface area contributed by atoms with E-state index in [2.05, 4.69) is 30.8 Å². The van der Waals surface area contributed by atoms with E-state index in [1.54, 1.807) is 6.92 Å². The first-order chi connectivity index (χ1) is 7.75. The van der Waals surface area contributed by atoms with Gasteiger partial charge in [0, 0.05) is 18.5 Å². The van der Waals surface area contributed by atoms with Gasteiger partial charge in [-0.3, -0.25) is 4.79 Å². The minimum atomic E-state index is -0.104. The number of nitrogens with zero attached hydrogens (tertiary/aromatic N) is 2. The Kier molecular flexibility index (Phi) is 6.51. The van der Waals surface area contributed by atoms with Gasteiger partial charge in [0.2, 0.25) is 0 Å². The van der Waals surface area contributed by atoms with E-state index in [1.807, 2.05) is 0 Å². The summed E-state index contributed by atoms with van der Waals surface area (Å²) in [5.41, 5.74) is 0.679. The Morgan fingerprint density at radius 1 is 1.56 bits per heavy atom. The number of alkyl halides is 1. The summed E-state index contributed by atoms with van der Waals surface area (Å²) < 4.78 is 8.97. The monoisotopic (exact) mass is 307 g/mol. The quantitative estimate of drug-likeness (QED) is 0.610. The van der Waals surface area contributed by atoms with E-state index in [1.165, 1.54) is 0 Å². The highest BCUT2D eigenvalue weighted by molar-refractivity contribution is 9.09. The van der Waals surface area contributed by atoms with Gasteiger partial charge in [-0.2, -0.15) is 0 Å². The van der Waals surface area contributed by atoms with Crippen molar-refractivity contribution in [3.05, 3.63) is 10.6 Å². The second-order valence-electron chi connectivity index (χ2n) is 3.10. The molecule has 0 saturated carbocycles. The maximum atomic E-state index is 11.6. The zero-order valence-corrected chi connectivity index (χ0v) is 11.4. The van der Waals surface area contributed by atoms with Crippen molar-refractivity contribution in [2.75, 3.05) is 25.1 Å². The molecule has 0 atom stereocenters. The highest BCUT2D eigenvalue weighted by Crippen LogP contribution is 2.07. The molecular formula is C9H14BrN3O2S. The second kappa shape index (κ2) is 7.70. The van der Waals surface area contributed by atoms with Crippen LogP contribution in [0.5, 0.6) is 0 Å². The van der Waals surface area contributed by atoms with Gasteiger partial charge in [0.15, 0.2) is 0 Å². The molecule has 5 nitrogen and oxygen atoms in total. The molecule has 1 aromatic heterocycles. The Morgan fingerprint density at radius 3 is 3.00 bits per heavy atom. The third kappa shape index (κ3) is 4.54. The number of amides is 1. The minimum absolute atomic E-state index is 0.104. The van der Waals surface area contributed by atoms with E-state index in [-0.39, 0.29) is 5.91 Å². The highest BCUT2D eigenvalue weighted by atomic mass is 79.9. The van der Waals surface area contributed by atoms with Gasteiger partial charge >= 0.3 is 0 Å². The Balaban J connectivity index is 2.14. The molecule has 1 N–H and O–H groups in total. The first-order valence-electron chi connectivity index (χ1n) is 4.96. The molecule has 7 heteroatoms. The van der Waals surface area contributed by atoms with Crippen molar-refractivity contribution in [3.63, 3.8) is 0 Å². The first-order valence-corrected chi connectivity index (χ1v) is 6.86. The topological polar surface area (TPSA) is 64.1 Å². The van der Waals surface area contributed by atoms with E-state index in [0.717, 1.165) is 23.3 Å². The number of halogens is 1. The smallest absolute Gasteiger partial charge is 0.264 e. The Bertz CT molecular complexity index is 332. The summed E-state index contributed by atoms with van der Waals surface area (Å²) >= 11 is 4.39. The van der Waals surface area contributed by atoms with Gasteiger partial charge in [0.1, 0.15) is 4.88 Å². The molecule has 0 saturated heterocycles. The summed E-state index contributed by atoms with van der Waals surface area (Å²) in [7, 11) is 0. The van der Waals surface area contributed by atoms with Crippen LogP contribution in [0, 0.1) is 6.92 Å². The number of ether oxygens (including phenoxy) is 1. The van der Waals surface area contributed by atoms with Crippen LogP contribution < -0.4 is 5.32 Å². The van der Waals surface area contributed by atoms with Gasteiger partial charge < -0.3 is 10.1 Å². The van der Waals surface area contributed by atoms with Crippen molar-refractivity contribution in [1.29, 1.82) is 0 Å². The summed E-state index contributed by atoms with van der Waals surface area (Å²) in [5.74, 6) is -0.104. The summed E-state index contributed by atoms with van der Waals surface area (Å²) in [6.45, 7) is 3.74. The lowest BCUT2D eigenvalue weighted by Gasteiger charge is -2.04. The largest absolute Gasteiger partial charge is 0.381 e.